The van der Waals surface area contributed by atoms with Crippen LogP contribution in [0.4, 0.5) is 4.39 Å². The van der Waals surface area contributed by atoms with Crippen LogP contribution in [0.2, 0.25) is 0 Å². The molecule has 0 aliphatic carbocycles. The van der Waals surface area contributed by atoms with Crippen LogP contribution in [-0.2, 0) is 0 Å². The summed E-state index contributed by atoms with van der Waals surface area (Å²) in [7, 11) is 0. The molecule has 0 aliphatic rings. The molecule has 100 valence electrons. The molecule has 0 radical (unpaired) electrons. The molecule has 4 nitrogen and oxygen atoms in total. The van der Waals surface area contributed by atoms with E-state index in [-0.39, 0.29) is 11.6 Å². The Morgan fingerprint density at radius 3 is 2.60 bits per heavy atom. The number of phenolic OH excluding ortho intramolecular Hbond substituents is 2. The minimum atomic E-state index is -0.753. The molecule has 0 atom stereocenters. The highest BCUT2D eigenvalue weighted by Gasteiger charge is 2.14. The molecular weight excluding hydrogens is 261 g/mol. The Kier molecular flexibility index (Phi) is 2.68. The highest BCUT2D eigenvalue weighted by Crippen LogP contribution is 2.32. The Bertz CT molecular complexity index is 823. The summed E-state index contributed by atoms with van der Waals surface area (Å²) in [4.78, 5) is 4.24. The van der Waals surface area contributed by atoms with Crippen molar-refractivity contribution < 1.29 is 19.0 Å². The van der Waals surface area contributed by atoms with Gasteiger partial charge in [0, 0.05) is 11.1 Å². The van der Waals surface area contributed by atoms with Gasteiger partial charge in [-0.05, 0) is 30.3 Å². The van der Waals surface area contributed by atoms with Crippen LogP contribution in [0, 0.1) is 5.82 Å². The number of hydrogen-bond acceptors (Lipinski definition) is 4. The number of rotatable bonds is 2. The summed E-state index contributed by atoms with van der Waals surface area (Å²) in [6.45, 7) is 3.61. The molecule has 0 fully saturated rings. The van der Waals surface area contributed by atoms with Crippen molar-refractivity contribution in [3.63, 3.8) is 0 Å². The van der Waals surface area contributed by atoms with Gasteiger partial charge >= 0.3 is 0 Å². The first-order valence-electron chi connectivity index (χ1n) is 5.84. The van der Waals surface area contributed by atoms with Crippen LogP contribution in [0.5, 0.6) is 11.5 Å². The number of aromatic hydroxyl groups is 2. The first-order valence-corrected chi connectivity index (χ1v) is 5.84. The van der Waals surface area contributed by atoms with E-state index in [0.29, 0.717) is 22.2 Å². The van der Waals surface area contributed by atoms with Gasteiger partial charge in [-0.2, -0.15) is 0 Å². The van der Waals surface area contributed by atoms with Crippen molar-refractivity contribution in [2.45, 2.75) is 0 Å². The van der Waals surface area contributed by atoms with E-state index < -0.39 is 11.6 Å². The van der Waals surface area contributed by atoms with Crippen LogP contribution in [0.25, 0.3) is 28.6 Å². The second-order valence-electron chi connectivity index (χ2n) is 4.23. The summed E-state index contributed by atoms with van der Waals surface area (Å²) >= 11 is 0. The SMILES string of the molecule is C=Cc1c(O)ccc2oc(-c3ccc(O)c(F)c3)nc12. The van der Waals surface area contributed by atoms with E-state index in [1.165, 1.54) is 24.3 Å². The molecule has 5 heteroatoms. The molecule has 0 saturated carbocycles. The lowest BCUT2D eigenvalue weighted by Crippen LogP contribution is -1.82. The third kappa shape index (κ3) is 1.80. The zero-order valence-corrected chi connectivity index (χ0v) is 10.3. The highest BCUT2D eigenvalue weighted by atomic mass is 19.1. The monoisotopic (exact) mass is 271 g/mol. The van der Waals surface area contributed by atoms with Crippen LogP contribution in [0.15, 0.2) is 41.3 Å². The lowest BCUT2D eigenvalue weighted by atomic mass is 10.1. The van der Waals surface area contributed by atoms with Gasteiger partial charge in [0.05, 0.1) is 0 Å². The van der Waals surface area contributed by atoms with Crippen molar-refractivity contribution in [1.29, 1.82) is 0 Å². The molecule has 3 aromatic rings. The van der Waals surface area contributed by atoms with E-state index in [9.17, 15) is 14.6 Å². The van der Waals surface area contributed by atoms with Gasteiger partial charge in [-0.1, -0.05) is 12.7 Å². The van der Waals surface area contributed by atoms with Gasteiger partial charge < -0.3 is 14.6 Å². The molecule has 2 aromatic carbocycles. The standard InChI is InChI=1S/C15H10FNO3/c1-2-9-11(18)5-6-13-14(9)17-15(20-13)8-3-4-12(19)10(16)7-8/h2-7,18-19H,1H2. The molecular formula is C15H10FNO3. The molecule has 1 heterocycles. The Hall–Kier alpha value is -2.82. The second-order valence-corrected chi connectivity index (χ2v) is 4.23. The summed E-state index contributed by atoms with van der Waals surface area (Å²) < 4.78 is 18.9. The predicted molar refractivity (Wildman–Crippen MR) is 72.8 cm³/mol. The van der Waals surface area contributed by atoms with Gasteiger partial charge in [-0.3, -0.25) is 0 Å². The maximum absolute atomic E-state index is 13.4. The highest BCUT2D eigenvalue weighted by molar-refractivity contribution is 5.87. The lowest BCUT2D eigenvalue weighted by Gasteiger charge is -1.97. The Morgan fingerprint density at radius 2 is 1.90 bits per heavy atom. The van der Waals surface area contributed by atoms with Gasteiger partial charge in [0.25, 0.3) is 0 Å². The van der Waals surface area contributed by atoms with E-state index in [0.717, 1.165) is 6.07 Å². The minimum Gasteiger partial charge on any atom is -0.507 e. The zero-order valence-electron chi connectivity index (χ0n) is 10.3. The number of fused-ring (bicyclic) bond motifs is 1. The molecule has 20 heavy (non-hydrogen) atoms. The van der Waals surface area contributed by atoms with Crippen molar-refractivity contribution in [2.75, 3.05) is 0 Å². The van der Waals surface area contributed by atoms with E-state index in [1.54, 1.807) is 6.07 Å². The zero-order chi connectivity index (χ0) is 14.3. The van der Waals surface area contributed by atoms with Crippen LogP contribution in [0.3, 0.4) is 0 Å². The molecule has 0 unspecified atom stereocenters. The smallest absolute Gasteiger partial charge is 0.227 e. The summed E-state index contributed by atoms with van der Waals surface area (Å²) in [5, 5.41) is 18.9. The molecule has 0 spiro atoms. The maximum atomic E-state index is 13.4. The lowest BCUT2D eigenvalue weighted by molar-refractivity contribution is 0.432. The number of phenols is 2. The quantitative estimate of drug-likeness (QED) is 0.746. The molecule has 2 N–H and O–H groups in total. The second kappa shape index (κ2) is 4.38. The molecule has 0 saturated heterocycles. The topological polar surface area (TPSA) is 66.5 Å². The number of oxazole rings is 1. The maximum Gasteiger partial charge on any atom is 0.227 e. The minimum absolute atomic E-state index is 0.0456. The fourth-order valence-corrected chi connectivity index (χ4v) is 1.97. The summed E-state index contributed by atoms with van der Waals surface area (Å²) in [5.74, 6) is -0.942. The number of halogens is 1. The van der Waals surface area contributed by atoms with E-state index in [4.69, 9.17) is 4.42 Å². The van der Waals surface area contributed by atoms with Crippen LogP contribution in [0.1, 0.15) is 5.56 Å². The summed E-state index contributed by atoms with van der Waals surface area (Å²) in [6.07, 6.45) is 1.47. The Morgan fingerprint density at radius 1 is 1.15 bits per heavy atom. The third-order valence-electron chi connectivity index (χ3n) is 2.98. The summed E-state index contributed by atoms with van der Waals surface area (Å²) in [5.41, 5.74) is 1.76. The third-order valence-corrected chi connectivity index (χ3v) is 2.98. The normalized spacial score (nSPS) is 10.8. The van der Waals surface area contributed by atoms with Crippen molar-refractivity contribution in [1.82, 2.24) is 4.98 Å². The summed E-state index contributed by atoms with van der Waals surface area (Å²) in [6, 6.07) is 6.91. The number of hydrogen-bond donors (Lipinski definition) is 2. The average Bonchev–Trinajstić information content (AvgIpc) is 2.86. The first-order chi connectivity index (χ1) is 9.60. The number of nitrogens with zero attached hydrogens (tertiary/aromatic N) is 1. The van der Waals surface area contributed by atoms with Crippen LogP contribution >= 0.6 is 0 Å². The first kappa shape index (κ1) is 12.2. The molecule has 1 aromatic heterocycles. The van der Waals surface area contributed by atoms with Crippen LogP contribution < -0.4 is 0 Å². The van der Waals surface area contributed by atoms with Gasteiger partial charge in [-0.25, -0.2) is 9.37 Å². The van der Waals surface area contributed by atoms with Gasteiger partial charge in [-0.15, -0.1) is 0 Å². The molecule has 0 amide bonds. The predicted octanol–water partition coefficient (Wildman–Crippen LogP) is 3.69. The van der Waals surface area contributed by atoms with E-state index >= 15 is 0 Å². The molecule has 3 rings (SSSR count). The molecule has 0 aliphatic heterocycles. The van der Waals surface area contributed by atoms with Crippen LogP contribution in [-0.4, -0.2) is 15.2 Å². The van der Waals surface area contributed by atoms with Crippen molar-refractivity contribution in [3.8, 4) is 23.0 Å². The van der Waals surface area contributed by atoms with Crippen molar-refractivity contribution >= 4 is 17.2 Å². The number of benzene rings is 2. The fraction of sp³-hybridized carbons (Fsp3) is 0. The van der Waals surface area contributed by atoms with Gasteiger partial charge in [0.15, 0.2) is 17.1 Å². The average molecular weight is 271 g/mol. The van der Waals surface area contributed by atoms with Crippen molar-refractivity contribution in [2.24, 2.45) is 0 Å². The van der Waals surface area contributed by atoms with Crippen molar-refractivity contribution in [3.05, 3.63) is 48.3 Å². The number of aromatic nitrogens is 1. The van der Waals surface area contributed by atoms with E-state index in [1.807, 2.05) is 0 Å². The molecule has 0 bridgehead atoms. The van der Waals surface area contributed by atoms with Gasteiger partial charge in [0.1, 0.15) is 11.3 Å². The Balaban J connectivity index is 2.22. The largest absolute Gasteiger partial charge is 0.507 e. The fourth-order valence-electron chi connectivity index (χ4n) is 1.97. The van der Waals surface area contributed by atoms with Gasteiger partial charge in [0.2, 0.25) is 5.89 Å². The van der Waals surface area contributed by atoms with E-state index in [2.05, 4.69) is 11.6 Å². The Labute approximate surface area is 113 Å².